The molecule has 0 atom stereocenters. The highest BCUT2D eigenvalue weighted by Crippen LogP contribution is 2.50. The molecular formula is C50H31N3. The minimum absolute atomic E-state index is 0.661. The van der Waals surface area contributed by atoms with Gasteiger partial charge in [0, 0.05) is 21.7 Å². The van der Waals surface area contributed by atoms with Crippen LogP contribution in [0.25, 0.3) is 83.0 Å². The lowest BCUT2D eigenvalue weighted by molar-refractivity contribution is 1.01. The van der Waals surface area contributed by atoms with E-state index < -0.39 is 0 Å². The van der Waals surface area contributed by atoms with E-state index in [-0.39, 0.29) is 0 Å². The Balaban J connectivity index is 1.23. The summed E-state index contributed by atoms with van der Waals surface area (Å²) >= 11 is 0. The summed E-state index contributed by atoms with van der Waals surface area (Å²) in [6.45, 7) is 0. The highest BCUT2D eigenvalue weighted by Gasteiger charge is 2.28. The molecule has 0 unspecified atom stereocenters. The molecule has 3 nitrogen and oxygen atoms in total. The molecule has 0 aliphatic heterocycles. The first-order valence-electron chi connectivity index (χ1n) is 18.1. The topological polar surface area (TPSA) is 30.7 Å². The molecule has 0 radical (unpaired) electrons. The third-order valence-corrected chi connectivity index (χ3v) is 10.8. The van der Waals surface area contributed by atoms with E-state index in [2.05, 4.69) is 193 Å². The molecule has 0 N–H and O–H groups in total. The van der Waals surface area contributed by atoms with Gasteiger partial charge in [-0.2, -0.15) is 0 Å². The maximum atomic E-state index is 5.45. The number of hydrogen-bond donors (Lipinski definition) is 0. The van der Waals surface area contributed by atoms with Gasteiger partial charge in [-0.25, -0.2) is 9.97 Å². The van der Waals surface area contributed by atoms with Crippen molar-refractivity contribution < 1.29 is 0 Å². The van der Waals surface area contributed by atoms with Gasteiger partial charge in [0.25, 0.3) is 0 Å². The van der Waals surface area contributed by atoms with Gasteiger partial charge in [0.1, 0.15) is 0 Å². The van der Waals surface area contributed by atoms with E-state index in [4.69, 9.17) is 9.97 Å². The van der Waals surface area contributed by atoms with Crippen LogP contribution >= 0.6 is 0 Å². The van der Waals surface area contributed by atoms with Crippen molar-refractivity contribution in [2.24, 2.45) is 0 Å². The summed E-state index contributed by atoms with van der Waals surface area (Å²) in [6, 6.07) is 67.3. The molecule has 1 aliphatic carbocycles. The van der Waals surface area contributed by atoms with E-state index in [1.165, 1.54) is 66.1 Å². The fraction of sp³-hybridized carbons (Fsp3) is 0. The van der Waals surface area contributed by atoms with E-state index in [9.17, 15) is 0 Å². The minimum Gasteiger partial charge on any atom is -0.278 e. The van der Waals surface area contributed by atoms with Gasteiger partial charge >= 0.3 is 0 Å². The molecule has 1 aliphatic rings. The van der Waals surface area contributed by atoms with E-state index in [0.717, 1.165) is 33.2 Å². The highest BCUT2D eigenvalue weighted by atomic mass is 15.2. The van der Waals surface area contributed by atoms with Crippen LogP contribution in [0.5, 0.6) is 0 Å². The van der Waals surface area contributed by atoms with Crippen LogP contribution in [0.3, 0.4) is 0 Å². The number of nitrogens with zero attached hydrogens (tertiary/aromatic N) is 3. The van der Waals surface area contributed by atoms with Crippen molar-refractivity contribution in [2.75, 3.05) is 0 Å². The number of hydrogen-bond acceptors (Lipinski definition) is 2. The normalized spacial score (nSPS) is 12.5. The zero-order valence-electron chi connectivity index (χ0n) is 28.7. The first-order chi connectivity index (χ1) is 26.3. The van der Waals surface area contributed by atoms with Gasteiger partial charge in [-0.1, -0.05) is 170 Å². The van der Waals surface area contributed by atoms with Crippen molar-refractivity contribution in [1.29, 1.82) is 0 Å². The van der Waals surface area contributed by atoms with Crippen molar-refractivity contribution in [3.63, 3.8) is 0 Å². The first kappa shape index (κ1) is 29.6. The standard InChI is InChI=1S/C50H31N3/c1-4-14-32(15-5-1)33-26-28-37(29-27-33)49-38-21-10-11-24-41(38)51-50(52-49)53-42-25-13-23-40-45(35-18-8-3-9-19-35)44(34-16-6-2-7-17-34)39-22-12-20-36-30-31-43(53)48(46(36)39)47(40)42/h1-31H. The predicted octanol–water partition coefficient (Wildman–Crippen LogP) is 12.5. The average Bonchev–Trinajstić information content (AvgIpc) is 3.51. The number of para-hydroxylation sites is 1. The molecule has 0 spiro atoms. The van der Waals surface area contributed by atoms with Gasteiger partial charge < -0.3 is 0 Å². The van der Waals surface area contributed by atoms with Crippen molar-refractivity contribution in [3.8, 4) is 28.3 Å². The molecule has 2 heterocycles. The van der Waals surface area contributed by atoms with Crippen LogP contribution in [0, 0.1) is 0 Å². The molecule has 0 bridgehead atoms. The van der Waals surface area contributed by atoms with E-state index in [0.29, 0.717) is 5.95 Å². The second-order valence-electron chi connectivity index (χ2n) is 13.7. The third-order valence-electron chi connectivity index (χ3n) is 10.8. The largest absolute Gasteiger partial charge is 0.278 e. The minimum atomic E-state index is 0.661. The van der Waals surface area contributed by atoms with Crippen LogP contribution < -0.4 is 0 Å². The highest BCUT2D eigenvalue weighted by molar-refractivity contribution is 6.31. The fourth-order valence-electron chi connectivity index (χ4n) is 8.47. The number of aromatic nitrogens is 3. The number of benzene rings is 8. The molecule has 3 heteroatoms. The van der Waals surface area contributed by atoms with Crippen LogP contribution in [0.4, 0.5) is 0 Å². The Labute approximate surface area is 306 Å². The van der Waals surface area contributed by atoms with Gasteiger partial charge in [0.05, 0.1) is 22.2 Å². The van der Waals surface area contributed by atoms with Gasteiger partial charge in [-0.3, -0.25) is 4.57 Å². The van der Waals surface area contributed by atoms with Crippen LogP contribution in [-0.4, -0.2) is 14.5 Å². The summed E-state index contributed by atoms with van der Waals surface area (Å²) in [6.07, 6.45) is 0. The Morgan fingerprint density at radius 1 is 0.340 bits per heavy atom. The Kier molecular flexibility index (Phi) is 6.55. The summed E-state index contributed by atoms with van der Waals surface area (Å²) in [4.78, 5) is 10.7. The SMILES string of the molecule is c1ccc(C2=C(c3ccccc3)c3cccc4c3c3c5c2cccc5ccc3n4-c2nc(-c3ccc(-c4ccccc4)cc3)c3ccccc3n2)cc1. The summed E-state index contributed by atoms with van der Waals surface area (Å²) in [5, 5.41) is 5.94. The zero-order chi connectivity index (χ0) is 34.9. The summed E-state index contributed by atoms with van der Waals surface area (Å²) in [5.74, 6) is 0.661. The van der Waals surface area contributed by atoms with E-state index >= 15 is 0 Å². The number of rotatable bonds is 5. The van der Waals surface area contributed by atoms with Gasteiger partial charge in [0.2, 0.25) is 5.95 Å². The molecular weight excluding hydrogens is 643 g/mol. The van der Waals surface area contributed by atoms with Crippen molar-refractivity contribution in [2.45, 2.75) is 0 Å². The van der Waals surface area contributed by atoms with Crippen molar-refractivity contribution in [1.82, 2.24) is 14.5 Å². The maximum absolute atomic E-state index is 5.45. The zero-order valence-corrected chi connectivity index (χ0v) is 28.7. The van der Waals surface area contributed by atoms with Gasteiger partial charge in [-0.05, 0) is 73.5 Å². The second-order valence-corrected chi connectivity index (χ2v) is 13.7. The molecule has 246 valence electrons. The Bertz CT molecular complexity index is 3070. The lowest BCUT2D eigenvalue weighted by atomic mass is 9.85. The molecule has 0 fully saturated rings. The summed E-state index contributed by atoms with van der Waals surface area (Å²) in [5.41, 5.74) is 14.7. The smallest absolute Gasteiger partial charge is 0.235 e. The van der Waals surface area contributed by atoms with Crippen molar-refractivity contribution >= 4 is 54.6 Å². The average molecular weight is 674 g/mol. The molecule has 0 amide bonds. The fourth-order valence-corrected chi connectivity index (χ4v) is 8.47. The number of fused-ring (bicyclic) bond motifs is 1. The summed E-state index contributed by atoms with van der Waals surface area (Å²) < 4.78 is 2.29. The molecule has 10 aromatic rings. The predicted molar refractivity (Wildman–Crippen MR) is 220 cm³/mol. The van der Waals surface area contributed by atoms with Crippen LogP contribution in [0.15, 0.2) is 188 Å². The Hall–Kier alpha value is -7.10. The van der Waals surface area contributed by atoms with E-state index in [1.54, 1.807) is 0 Å². The molecule has 8 aromatic carbocycles. The lowest BCUT2D eigenvalue weighted by Crippen LogP contribution is -2.04. The molecule has 2 aromatic heterocycles. The molecule has 0 saturated carbocycles. The molecule has 0 saturated heterocycles. The lowest BCUT2D eigenvalue weighted by Gasteiger charge is -2.19. The van der Waals surface area contributed by atoms with Crippen LogP contribution in [-0.2, 0) is 0 Å². The van der Waals surface area contributed by atoms with Gasteiger partial charge in [0.15, 0.2) is 0 Å². The van der Waals surface area contributed by atoms with E-state index in [1.807, 2.05) is 0 Å². The maximum Gasteiger partial charge on any atom is 0.235 e. The van der Waals surface area contributed by atoms with Crippen LogP contribution in [0.1, 0.15) is 22.3 Å². The van der Waals surface area contributed by atoms with Gasteiger partial charge in [-0.15, -0.1) is 0 Å². The van der Waals surface area contributed by atoms with Crippen LogP contribution in [0.2, 0.25) is 0 Å². The molecule has 11 rings (SSSR count). The quantitative estimate of drug-likeness (QED) is 0.182. The van der Waals surface area contributed by atoms with Crippen molar-refractivity contribution in [3.05, 3.63) is 210 Å². The molecule has 53 heavy (non-hydrogen) atoms. The monoisotopic (exact) mass is 673 g/mol. The first-order valence-corrected chi connectivity index (χ1v) is 18.1. The Morgan fingerprint density at radius 2 is 0.887 bits per heavy atom. The second kappa shape index (κ2) is 11.7. The Morgan fingerprint density at radius 3 is 1.58 bits per heavy atom. The third kappa shape index (κ3) is 4.54. The summed E-state index contributed by atoms with van der Waals surface area (Å²) in [7, 11) is 0.